The van der Waals surface area contributed by atoms with Gasteiger partial charge < -0.3 is 66.9 Å². The summed E-state index contributed by atoms with van der Waals surface area (Å²) in [4.78, 5) is 47.8. The first-order valence-corrected chi connectivity index (χ1v) is 31.3. The van der Waals surface area contributed by atoms with Gasteiger partial charge in [-0.2, -0.15) is 0 Å². The molecular formula is C69H100N4O13. The van der Waals surface area contributed by atoms with Gasteiger partial charge in [-0.3, -0.25) is 9.59 Å². The third-order valence-electron chi connectivity index (χ3n) is 16.2. The van der Waals surface area contributed by atoms with Gasteiger partial charge in [0.05, 0.1) is 6.42 Å². The van der Waals surface area contributed by atoms with Crippen LogP contribution in [0, 0.1) is 10.8 Å². The van der Waals surface area contributed by atoms with Crippen molar-refractivity contribution in [2.45, 2.75) is 161 Å². The quantitative estimate of drug-likeness (QED) is 0.0126. The number of carboxylic acid groups (broad SMARTS) is 1. The van der Waals surface area contributed by atoms with E-state index >= 15 is 0 Å². The zero-order valence-corrected chi connectivity index (χ0v) is 50.8. The van der Waals surface area contributed by atoms with E-state index in [1.165, 1.54) is 0 Å². The summed E-state index contributed by atoms with van der Waals surface area (Å²) < 4.78 is 11.1. The molecule has 3 amide bonds. The number of hydrogen-bond acceptors (Lipinski definition) is 13. The number of carbonyl (C=O) groups excluding carboxylic acids is 3. The van der Waals surface area contributed by atoms with E-state index in [9.17, 15) is 34.5 Å². The lowest BCUT2D eigenvalue weighted by molar-refractivity contribution is -0.140. The highest BCUT2D eigenvalue weighted by atomic mass is 16.6. The molecule has 17 heteroatoms. The molecule has 0 aliphatic carbocycles. The maximum atomic E-state index is 12.5. The van der Waals surface area contributed by atoms with Gasteiger partial charge in [0, 0.05) is 76.8 Å². The molecule has 86 heavy (non-hydrogen) atoms. The molecule has 0 aromatic heterocycles. The lowest BCUT2D eigenvalue weighted by Crippen LogP contribution is -2.29. The number of amides is 3. The van der Waals surface area contributed by atoms with E-state index in [4.69, 9.17) is 35.6 Å². The summed E-state index contributed by atoms with van der Waals surface area (Å²) in [6.45, 7) is 3.43. The van der Waals surface area contributed by atoms with Crippen molar-refractivity contribution in [1.29, 1.82) is 0 Å². The number of nitrogens with two attached hydrogens (primary N) is 1. The van der Waals surface area contributed by atoms with Gasteiger partial charge in [0.2, 0.25) is 5.91 Å². The summed E-state index contributed by atoms with van der Waals surface area (Å²) in [5.41, 5.74) is 7.00. The number of carbonyl (C=O) groups is 4. The van der Waals surface area contributed by atoms with Crippen LogP contribution in [0.5, 0.6) is 0 Å². The van der Waals surface area contributed by atoms with Crippen molar-refractivity contribution in [1.82, 2.24) is 16.0 Å². The normalized spacial score (nSPS) is 11.4. The molecule has 0 heterocycles. The van der Waals surface area contributed by atoms with E-state index in [2.05, 4.69) is 76.6 Å². The average Bonchev–Trinajstić information content (AvgIpc) is 1.79. The molecule has 6 rings (SSSR count). The van der Waals surface area contributed by atoms with Gasteiger partial charge in [-0.05, 0) is 182 Å². The Kier molecular flexibility index (Phi) is 35.5. The molecule has 0 radical (unpaired) electrons. The third-order valence-corrected chi connectivity index (χ3v) is 16.2. The molecular weight excluding hydrogens is 1090 g/mol. The zero-order chi connectivity index (χ0) is 62.1. The Bertz CT molecular complexity index is 2730. The van der Waals surface area contributed by atoms with Gasteiger partial charge >= 0.3 is 18.2 Å². The van der Waals surface area contributed by atoms with Crippen LogP contribution < -0.4 is 21.7 Å². The molecule has 0 atom stereocenters. The molecule has 6 aromatic carbocycles. The van der Waals surface area contributed by atoms with E-state index in [1.807, 2.05) is 48.5 Å². The van der Waals surface area contributed by atoms with Crippen LogP contribution in [0.2, 0.25) is 0 Å². The first kappa shape index (κ1) is 72.0. The predicted octanol–water partition coefficient (Wildman–Crippen LogP) is 11.5. The number of benzene rings is 6. The van der Waals surface area contributed by atoms with Crippen molar-refractivity contribution in [3.63, 3.8) is 0 Å². The minimum Gasteiger partial charge on any atom is -0.481 e. The molecule has 0 spiro atoms. The maximum absolute atomic E-state index is 12.5. The number of aliphatic hydroxyl groups is 6. The Morgan fingerprint density at radius 2 is 0.709 bits per heavy atom. The summed E-state index contributed by atoms with van der Waals surface area (Å²) in [5, 5.41) is 81.3. The second kappa shape index (κ2) is 42.4. The molecule has 474 valence electrons. The third kappa shape index (κ3) is 26.3. The SMILES string of the molecule is NCCCCCCNC(=O)OCc1c2ccccc2cc2ccccc12.O=C(CCC(CCCO)(CCCO)CCCO)NCCCCCCNC(=O)OCc1c2ccccc2cc2ccccc12.O=C(O)CC(CCCO)(CCCO)CCCO. The molecule has 12 N–H and O–H groups in total. The summed E-state index contributed by atoms with van der Waals surface area (Å²) in [5.74, 6) is -0.844. The number of nitrogens with one attached hydrogen (secondary N) is 3. The van der Waals surface area contributed by atoms with E-state index in [0.717, 1.165) is 131 Å². The minimum absolute atomic E-state index is 0.0183. The first-order valence-electron chi connectivity index (χ1n) is 31.3. The molecule has 0 bridgehead atoms. The summed E-state index contributed by atoms with van der Waals surface area (Å²) in [7, 11) is 0. The van der Waals surface area contributed by atoms with Crippen molar-refractivity contribution in [3.8, 4) is 0 Å². The maximum Gasteiger partial charge on any atom is 0.407 e. The van der Waals surface area contributed by atoms with Gasteiger partial charge in [-0.1, -0.05) is 123 Å². The van der Waals surface area contributed by atoms with Gasteiger partial charge in [0.15, 0.2) is 0 Å². The Hall–Kier alpha value is -6.44. The highest BCUT2D eigenvalue weighted by Gasteiger charge is 2.32. The van der Waals surface area contributed by atoms with Crippen LogP contribution in [0.25, 0.3) is 43.1 Å². The zero-order valence-electron chi connectivity index (χ0n) is 50.8. The summed E-state index contributed by atoms with van der Waals surface area (Å²) >= 11 is 0. The van der Waals surface area contributed by atoms with Gasteiger partial charge in [0.25, 0.3) is 0 Å². The molecule has 0 aliphatic rings. The van der Waals surface area contributed by atoms with E-state index < -0.39 is 17.5 Å². The number of rotatable bonds is 40. The molecule has 0 aliphatic heterocycles. The van der Waals surface area contributed by atoms with Crippen molar-refractivity contribution in [3.05, 3.63) is 120 Å². The molecule has 0 saturated heterocycles. The first-order chi connectivity index (χ1) is 41.9. The second-order valence-corrected chi connectivity index (χ2v) is 22.6. The molecule has 0 fully saturated rings. The van der Waals surface area contributed by atoms with Crippen LogP contribution in [-0.4, -0.2) is 126 Å². The largest absolute Gasteiger partial charge is 0.481 e. The number of fused-ring (bicyclic) bond motifs is 4. The predicted molar refractivity (Wildman–Crippen MR) is 343 cm³/mol. The standard InChI is InChI=1S/C35H50N2O6.C22H26N2O2.C12H24O5/c38-23-9-17-35(18-10-24-39,19-11-25-40)20-16-33(41)36-21-7-1-2-8-22-37-34(42)43-27-32-30-14-5-3-12-28(30)26-29-13-4-6-15-31(29)32;23-13-7-1-2-8-14-24-22(25)26-16-21-19-11-5-3-9-17(19)15-18-10-4-6-12-20(18)21;13-7-1-4-12(5-2-8-14,6-3-9-15)10-11(16)17/h3-6,12-15,26,38-40H,1-2,7-11,16-25,27H2,(H,36,41)(H,37,42);3-6,9-12,15H,1-2,7-8,13-14,16,23H2,(H,24,25);13-15H,1-10H2,(H,16,17). The Balaban J connectivity index is 0.000000311. The Morgan fingerprint density at radius 3 is 1.03 bits per heavy atom. The van der Waals surface area contributed by atoms with Gasteiger partial charge in [0.1, 0.15) is 13.2 Å². The molecule has 17 nitrogen and oxygen atoms in total. The van der Waals surface area contributed by atoms with Crippen LogP contribution >= 0.6 is 0 Å². The monoisotopic (exact) mass is 1190 g/mol. The van der Waals surface area contributed by atoms with Crippen molar-refractivity contribution < 1.29 is 64.4 Å². The second-order valence-electron chi connectivity index (χ2n) is 22.6. The van der Waals surface area contributed by atoms with Crippen molar-refractivity contribution >= 4 is 67.2 Å². The average molecular weight is 1190 g/mol. The van der Waals surface area contributed by atoms with Crippen LogP contribution in [0.4, 0.5) is 9.59 Å². The van der Waals surface area contributed by atoms with E-state index in [0.29, 0.717) is 90.3 Å². The van der Waals surface area contributed by atoms with E-state index in [-0.39, 0.29) is 76.7 Å². The van der Waals surface area contributed by atoms with Crippen LogP contribution in [0.1, 0.15) is 159 Å². The number of aliphatic hydroxyl groups excluding tert-OH is 6. The Labute approximate surface area is 509 Å². The fraction of sp³-hybridized carbons (Fsp3) is 0.536. The number of carboxylic acids is 1. The number of unbranched alkanes of at least 4 members (excludes halogenated alkanes) is 6. The van der Waals surface area contributed by atoms with Gasteiger partial charge in [-0.25, -0.2) is 9.59 Å². The van der Waals surface area contributed by atoms with Crippen LogP contribution in [-0.2, 0) is 32.3 Å². The topological polar surface area (TPSA) is 290 Å². The molecule has 0 saturated carbocycles. The molecule has 6 aromatic rings. The van der Waals surface area contributed by atoms with Gasteiger partial charge in [-0.15, -0.1) is 0 Å². The van der Waals surface area contributed by atoms with E-state index in [1.54, 1.807) is 0 Å². The lowest BCUT2D eigenvalue weighted by Gasteiger charge is -2.34. The molecule has 0 unspecified atom stereocenters. The van der Waals surface area contributed by atoms with Crippen molar-refractivity contribution in [2.24, 2.45) is 16.6 Å². The summed E-state index contributed by atoms with van der Waals surface area (Å²) in [6.07, 6.45) is 16.0. The lowest BCUT2D eigenvalue weighted by atomic mass is 9.72. The number of alkyl carbamates (subject to hydrolysis) is 2. The smallest absolute Gasteiger partial charge is 0.407 e. The highest BCUT2D eigenvalue weighted by molar-refractivity contribution is 6.03. The fourth-order valence-corrected chi connectivity index (χ4v) is 11.6. The highest BCUT2D eigenvalue weighted by Crippen LogP contribution is 2.40. The minimum atomic E-state index is -0.862. The van der Waals surface area contributed by atoms with Crippen LogP contribution in [0.15, 0.2) is 109 Å². The fourth-order valence-electron chi connectivity index (χ4n) is 11.6. The summed E-state index contributed by atoms with van der Waals surface area (Å²) in [6, 6.07) is 37.1. The number of ether oxygens (including phenoxy) is 2. The Morgan fingerprint density at radius 1 is 0.395 bits per heavy atom. The van der Waals surface area contributed by atoms with Crippen molar-refractivity contribution in [2.75, 3.05) is 65.8 Å². The van der Waals surface area contributed by atoms with Crippen LogP contribution in [0.3, 0.4) is 0 Å². The number of aliphatic carboxylic acids is 1. The number of hydrogen-bond donors (Lipinski definition) is 11.